The van der Waals surface area contributed by atoms with Crippen molar-refractivity contribution in [2.45, 2.75) is 18.9 Å². The van der Waals surface area contributed by atoms with Crippen molar-refractivity contribution in [3.8, 4) is 0 Å². The summed E-state index contributed by atoms with van der Waals surface area (Å²) in [4.78, 5) is 18.1. The van der Waals surface area contributed by atoms with Crippen LogP contribution in [0.2, 0.25) is 10.0 Å². The number of nitrogens with zero attached hydrogens (tertiary/aromatic N) is 2. The molecule has 0 unspecified atom stereocenters. The standard InChI is InChI=1S/C16H15Cl2N3O/c17-10-7-13(18)14(20-8-10)9-21-6-5-12(16(19)22)11-3-1-2-4-15(11)21/h1-4,7-8,12H,5-6,9H2,(H2,19,22)/t12-/m1/s1. The molecule has 3 rings (SSSR count). The van der Waals surface area contributed by atoms with Gasteiger partial charge in [0, 0.05) is 18.4 Å². The van der Waals surface area contributed by atoms with Gasteiger partial charge in [-0.3, -0.25) is 9.78 Å². The van der Waals surface area contributed by atoms with Crippen LogP contribution in [0.3, 0.4) is 0 Å². The zero-order valence-electron chi connectivity index (χ0n) is 11.8. The van der Waals surface area contributed by atoms with Gasteiger partial charge in [0.05, 0.1) is 28.2 Å². The molecule has 22 heavy (non-hydrogen) atoms. The van der Waals surface area contributed by atoms with E-state index < -0.39 is 0 Å². The molecule has 1 aromatic carbocycles. The zero-order valence-corrected chi connectivity index (χ0v) is 13.3. The van der Waals surface area contributed by atoms with Crippen LogP contribution in [-0.2, 0) is 11.3 Å². The first-order valence-electron chi connectivity index (χ1n) is 6.99. The lowest BCUT2D eigenvalue weighted by atomic mass is 9.89. The molecule has 6 heteroatoms. The van der Waals surface area contributed by atoms with E-state index in [1.165, 1.54) is 0 Å². The Hall–Kier alpha value is -1.78. The van der Waals surface area contributed by atoms with E-state index >= 15 is 0 Å². The summed E-state index contributed by atoms with van der Waals surface area (Å²) in [6.45, 7) is 1.30. The monoisotopic (exact) mass is 335 g/mol. The van der Waals surface area contributed by atoms with Crippen LogP contribution in [0.5, 0.6) is 0 Å². The molecule has 0 saturated heterocycles. The number of pyridine rings is 1. The zero-order chi connectivity index (χ0) is 15.7. The summed E-state index contributed by atoms with van der Waals surface area (Å²) in [5, 5.41) is 1.06. The summed E-state index contributed by atoms with van der Waals surface area (Å²) in [5.74, 6) is -0.518. The minimum absolute atomic E-state index is 0.235. The van der Waals surface area contributed by atoms with Crippen LogP contribution in [0.1, 0.15) is 23.6 Å². The normalized spacial score (nSPS) is 17.2. The largest absolute Gasteiger partial charge is 0.369 e. The number of nitrogens with two attached hydrogens (primary N) is 1. The Morgan fingerprint density at radius 3 is 2.86 bits per heavy atom. The average molecular weight is 336 g/mol. The van der Waals surface area contributed by atoms with E-state index in [1.54, 1.807) is 12.3 Å². The third kappa shape index (κ3) is 2.89. The Labute approximate surface area is 138 Å². The first-order chi connectivity index (χ1) is 10.6. The van der Waals surface area contributed by atoms with Gasteiger partial charge in [0.1, 0.15) is 0 Å². The van der Waals surface area contributed by atoms with Crippen LogP contribution in [0.15, 0.2) is 36.5 Å². The highest BCUT2D eigenvalue weighted by atomic mass is 35.5. The number of hydrogen-bond acceptors (Lipinski definition) is 3. The molecule has 0 fully saturated rings. The fraction of sp³-hybridized carbons (Fsp3) is 0.250. The Balaban J connectivity index is 1.92. The second-order valence-electron chi connectivity index (χ2n) is 5.31. The Morgan fingerprint density at radius 1 is 1.36 bits per heavy atom. The molecule has 1 amide bonds. The van der Waals surface area contributed by atoms with Crippen molar-refractivity contribution in [3.63, 3.8) is 0 Å². The van der Waals surface area contributed by atoms with Crippen LogP contribution in [0.25, 0.3) is 0 Å². The Bertz CT molecular complexity index is 720. The molecule has 1 atom stereocenters. The van der Waals surface area contributed by atoms with Gasteiger partial charge in [-0.2, -0.15) is 0 Å². The van der Waals surface area contributed by atoms with E-state index in [-0.39, 0.29) is 11.8 Å². The van der Waals surface area contributed by atoms with E-state index in [2.05, 4.69) is 9.88 Å². The van der Waals surface area contributed by atoms with Crippen molar-refractivity contribution in [2.75, 3.05) is 11.4 Å². The van der Waals surface area contributed by atoms with E-state index in [0.717, 1.165) is 23.5 Å². The van der Waals surface area contributed by atoms with E-state index in [9.17, 15) is 4.79 Å². The van der Waals surface area contributed by atoms with Gasteiger partial charge in [0.2, 0.25) is 5.91 Å². The highest BCUT2D eigenvalue weighted by Crippen LogP contribution is 2.36. The van der Waals surface area contributed by atoms with Crippen molar-refractivity contribution in [1.29, 1.82) is 0 Å². The molecule has 0 bridgehead atoms. The molecule has 2 N–H and O–H groups in total. The topological polar surface area (TPSA) is 59.2 Å². The van der Waals surface area contributed by atoms with Crippen LogP contribution in [-0.4, -0.2) is 17.4 Å². The minimum atomic E-state index is -0.283. The number of carbonyl (C=O) groups excluding carboxylic acids is 1. The second kappa shape index (κ2) is 6.15. The predicted octanol–water partition coefficient (Wildman–Crippen LogP) is 3.37. The third-order valence-electron chi connectivity index (χ3n) is 3.91. The molecule has 0 radical (unpaired) electrons. The van der Waals surface area contributed by atoms with Gasteiger partial charge >= 0.3 is 0 Å². The molecular formula is C16H15Cl2N3O. The van der Waals surface area contributed by atoms with Crippen molar-refractivity contribution in [2.24, 2.45) is 5.73 Å². The summed E-state index contributed by atoms with van der Waals surface area (Å²) < 4.78 is 0. The number of anilines is 1. The number of halogens is 2. The van der Waals surface area contributed by atoms with Gasteiger partial charge in [0.15, 0.2) is 0 Å². The summed E-state index contributed by atoms with van der Waals surface area (Å²) in [5.41, 5.74) is 8.25. The number of aromatic nitrogens is 1. The van der Waals surface area contributed by atoms with Gasteiger partial charge in [-0.25, -0.2) is 0 Å². The summed E-state index contributed by atoms with van der Waals surface area (Å²) >= 11 is 12.1. The van der Waals surface area contributed by atoms with E-state index in [1.807, 2.05) is 24.3 Å². The lowest BCUT2D eigenvalue weighted by Gasteiger charge is -2.34. The molecule has 1 aliphatic rings. The third-order valence-corrected chi connectivity index (χ3v) is 4.44. The first-order valence-corrected chi connectivity index (χ1v) is 7.75. The average Bonchev–Trinajstić information content (AvgIpc) is 2.50. The number of fused-ring (bicyclic) bond motifs is 1. The molecule has 0 spiro atoms. The highest BCUT2D eigenvalue weighted by molar-refractivity contribution is 6.34. The second-order valence-corrected chi connectivity index (χ2v) is 6.15. The van der Waals surface area contributed by atoms with Crippen molar-refractivity contribution in [3.05, 3.63) is 57.8 Å². The Morgan fingerprint density at radius 2 is 2.14 bits per heavy atom. The van der Waals surface area contributed by atoms with E-state index in [4.69, 9.17) is 28.9 Å². The number of amides is 1. The summed E-state index contributed by atoms with van der Waals surface area (Å²) in [6, 6.07) is 9.51. The number of hydrogen-bond donors (Lipinski definition) is 1. The lowest BCUT2D eigenvalue weighted by molar-refractivity contribution is -0.119. The van der Waals surface area contributed by atoms with Gasteiger partial charge in [-0.15, -0.1) is 0 Å². The lowest BCUT2D eigenvalue weighted by Crippen LogP contribution is -2.35. The van der Waals surface area contributed by atoms with Gasteiger partial charge in [-0.1, -0.05) is 41.4 Å². The van der Waals surface area contributed by atoms with Gasteiger partial charge < -0.3 is 10.6 Å². The molecule has 0 aliphatic carbocycles. The maximum atomic E-state index is 11.6. The van der Waals surface area contributed by atoms with Gasteiger partial charge in [0.25, 0.3) is 0 Å². The van der Waals surface area contributed by atoms with Crippen LogP contribution < -0.4 is 10.6 Å². The van der Waals surface area contributed by atoms with Crippen LogP contribution in [0, 0.1) is 0 Å². The summed E-state index contributed by atoms with van der Waals surface area (Å²) in [7, 11) is 0. The molecule has 0 saturated carbocycles. The van der Waals surface area contributed by atoms with Crippen LogP contribution in [0.4, 0.5) is 5.69 Å². The maximum absolute atomic E-state index is 11.6. The number of primary amides is 1. The molecule has 114 valence electrons. The van der Waals surface area contributed by atoms with Crippen molar-refractivity contribution < 1.29 is 4.79 Å². The van der Waals surface area contributed by atoms with E-state index in [0.29, 0.717) is 23.0 Å². The Kier molecular flexibility index (Phi) is 4.23. The molecule has 4 nitrogen and oxygen atoms in total. The highest BCUT2D eigenvalue weighted by Gasteiger charge is 2.28. The molecule has 2 aromatic rings. The number of benzene rings is 1. The van der Waals surface area contributed by atoms with Gasteiger partial charge in [-0.05, 0) is 24.1 Å². The van der Waals surface area contributed by atoms with Crippen molar-refractivity contribution >= 4 is 34.8 Å². The molecule has 1 aliphatic heterocycles. The fourth-order valence-electron chi connectivity index (χ4n) is 2.83. The number of rotatable bonds is 3. The maximum Gasteiger partial charge on any atom is 0.225 e. The predicted molar refractivity (Wildman–Crippen MR) is 88.3 cm³/mol. The number of para-hydroxylation sites is 1. The molecule has 2 heterocycles. The quantitative estimate of drug-likeness (QED) is 0.935. The summed E-state index contributed by atoms with van der Waals surface area (Å²) in [6.07, 6.45) is 2.28. The SMILES string of the molecule is NC(=O)[C@@H]1CCN(Cc2ncc(Cl)cc2Cl)c2ccccc21. The smallest absolute Gasteiger partial charge is 0.225 e. The molecular weight excluding hydrogens is 321 g/mol. The number of carbonyl (C=O) groups is 1. The fourth-order valence-corrected chi connectivity index (χ4v) is 3.27. The minimum Gasteiger partial charge on any atom is -0.369 e. The van der Waals surface area contributed by atoms with Crippen molar-refractivity contribution in [1.82, 2.24) is 4.98 Å². The molecule has 1 aromatic heterocycles. The van der Waals surface area contributed by atoms with Crippen LogP contribution >= 0.6 is 23.2 Å². The first kappa shape index (κ1) is 15.1.